The largest absolute Gasteiger partial charge is 0.459 e. The van der Waals surface area contributed by atoms with Crippen molar-refractivity contribution in [2.75, 3.05) is 4.90 Å². The number of anilines is 1. The lowest BCUT2D eigenvalue weighted by Crippen LogP contribution is -2.29. The molecule has 2 aromatic heterocycles. The maximum absolute atomic E-state index is 6.38. The van der Waals surface area contributed by atoms with Crippen LogP contribution >= 0.6 is 35.4 Å². The van der Waals surface area contributed by atoms with Gasteiger partial charge in [-0.05, 0) is 91.8 Å². The molecule has 4 aromatic rings. The van der Waals surface area contributed by atoms with Crippen LogP contribution in [0.3, 0.4) is 0 Å². The Morgan fingerprint density at radius 2 is 1.79 bits per heavy atom. The lowest BCUT2D eigenvalue weighted by atomic mass is 10.0. The summed E-state index contributed by atoms with van der Waals surface area (Å²) in [4.78, 5) is 6.70. The molecule has 3 heterocycles. The number of hydrogen-bond acceptors (Lipinski definition) is 3. The molecule has 4 nitrogen and oxygen atoms in total. The second-order valence-electron chi connectivity index (χ2n) is 8.10. The standard InChI is InChI=1S/C26H21Cl2N3OS/c1-15-6-8-18(13-16(15)2)31-25(24(30-26(31)33)21-5-3-4-12-29-21)23-11-10-22(32-23)17-7-9-19(27)20(28)14-17/h3-14,24-25H,1-2H3,(H,30,33)/t24-,25-/m0/s1. The summed E-state index contributed by atoms with van der Waals surface area (Å²) < 4.78 is 6.38. The third-order valence-electron chi connectivity index (χ3n) is 5.99. The van der Waals surface area contributed by atoms with E-state index in [9.17, 15) is 0 Å². The Kier molecular flexibility index (Phi) is 5.87. The minimum absolute atomic E-state index is 0.173. The third kappa shape index (κ3) is 4.12. The molecule has 2 aromatic carbocycles. The Hall–Kier alpha value is -2.86. The second-order valence-corrected chi connectivity index (χ2v) is 9.30. The maximum atomic E-state index is 6.38. The van der Waals surface area contributed by atoms with Crippen molar-refractivity contribution in [3.8, 4) is 11.3 Å². The molecule has 0 spiro atoms. The number of pyridine rings is 1. The average molecular weight is 494 g/mol. The van der Waals surface area contributed by atoms with Crippen LogP contribution in [0.2, 0.25) is 10.0 Å². The van der Waals surface area contributed by atoms with Gasteiger partial charge < -0.3 is 14.6 Å². The molecule has 7 heteroatoms. The Bertz CT molecular complexity index is 1340. The minimum Gasteiger partial charge on any atom is -0.459 e. The summed E-state index contributed by atoms with van der Waals surface area (Å²) in [5.41, 5.74) is 5.19. The van der Waals surface area contributed by atoms with Gasteiger partial charge in [0.15, 0.2) is 5.11 Å². The van der Waals surface area contributed by atoms with E-state index in [0.717, 1.165) is 22.7 Å². The monoisotopic (exact) mass is 493 g/mol. The molecule has 33 heavy (non-hydrogen) atoms. The van der Waals surface area contributed by atoms with Gasteiger partial charge in [-0.2, -0.15) is 0 Å². The van der Waals surface area contributed by atoms with Gasteiger partial charge in [-0.25, -0.2) is 0 Å². The number of hydrogen-bond donors (Lipinski definition) is 1. The zero-order valence-electron chi connectivity index (χ0n) is 18.0. The van der Waals surface area contributed by atoms with Gasteiger partial charge in [0.1, 0.15) is 17.6 Å². The van der Waals surface area contributed by atoms with Gasteiger partial charge in [-0.3, -0.25) is 4.98 Å². The van der Waals surface area contributed by atoms with Gasteiger partial charge in [-0.1, -0.05) is 35.3 Å². The van der Waals surface area contributed by atoms with Crippen LogP contribution in [0.1, 0.15) is 34.7 Å². The fourth-order valence-electron chi connectivity index (χ4n) is 4.11. The summed E-state index contributed by atoms with van der Waals surface area (Å²) in [6, 6.07) is 21.3. The van der Waals surface area contributed by atoms with Crippen LogP contribution in [0.4, 0.5) is 5.69 Å². The van der Waals surface area contributed by atoms with Crippen LogP contribution < -0.4 is 10.2 Å². The first-order valence-electron chi connectivity index (χ1n) is 10.6. The van der Waals surface area contributed by atoms with Gasteiger partial charge in [0.25, 0.3) is 0 Å². The molecular weight excluding hydrogens is 473 g/mol. The summed E-state index contributed by atoms with van der Waals surface area (Å²) >= 11 is 18.1. The predicted octanol–water partition coefficient (Wildman–Crippen LogP) is 7.44. The highest BCUT2D eigenvalue weighted by Crippen LogP contribution is 2.43. The lowest BCUT2D eigenvalue weighted by molar-refractivity contribution is 0.439. The van der Waals surface area contributed by atoms with Crippen molar-refractivity contribution in [1.29, 1.82) is 0 Å². The van der Waals surface area contributed by atoms with E-state index in [-0.39, 0.29) is 12.1 Å². The van der Waals surface area contributed by atoms with Crippen LogP contribution in [0.25, 0.3) is 11.3 Å². The van der Waals surface area contributed by atoms with Gasteiger partial charge in [0.05, 0.1) is 21.8 Å². The van der Waals surface area contributed by atoms with E-state index in [2.05, 4.69) is 47.2 Å². The highest BCUT2D eigenvalue weighted by atomic mass is 35.5. The van der Waals surface area contributed by atoms with E-state index < -0.39 is 0 Å². The van der Waals surface area contributed by atoms with E-state index in [1.54, 1.807) is 18.3 Å². The van der Waals surface area contributed by atoms with Crippen molar-refractivity contribution in [2.24, 2.45) is 0 Å². The van der Waals surface area contributed by atoms with Gasteiger partial charge in [-0.15, -0.1) is 0 Å². The predicted molar refractivity (Wildman–Crippen MR) is 138 cm³/mol. The number of thiocarbonyl (C=S) groups is 1. The van der Waals surface area contributed by atoms with E-state index in [1.807, 2.05) is 36.4 Å². The summed E-state index contributed by atoms with van der Waals surface area (Å²) in [5, 5.41) is 5.09. The quantitative estimate of drug-likeness (QED) is 0.299. The summed E-state index contributed by atoms with van der Waals surface area (Å²) in [6.07, 6.45) is 1.79. The van der Waals surface area contributed by atoms with Crippen LogP contribution in [-0.4, -0.2) is 10.1 Å². The Labute approximate surface area is 208 Å². The molecule has 2 atom stereocenters. The van der Waals surface area contributed by atoms with Gasteiger partial charge in [0.2, 0.25) is 0 Å². The first-order valence-corrected chi connectivity index (χ1v) is 11.7. The van der Waals surface area contributed by atoms with Crippen molar-refractivity contribution in [1.82, 2.24) is 10.3 Å². The van der Waals surface area contributed by atoms with E-state index >= 15 is 0 Å². The fraction of sp³-hybridized carbons (Fsp3) is 0.154. The molecule has 5 rings (SSSR count). The van der Waals surface area contributed by atoms with Crippen molar-refractivity contribution >= 4 is 46.2 Å². The number of aromatic nitrogens is 1. The third-order valence-corrected chi connectivity index (χ3v) is 7.04. The normalized spacial score (nSPS) is 17.9. The highest BCUT2D eigenvalue weighted by Gasteiger charge is 2.42. The number of nitrogens with zero attached hydrogens (tertiary/aromatic N) is 2. The van der Waals surface area contributed by atoms with Crippen LogP contribution in [0.15, 0.2) is 77.3 Å². The van der Waals surface area contributed by atoms with Crippen LogP contribution in [0, 0.1) is 13.8 Å². The average Bonchev–Trinajstić information content (AvgIpc) is 3.43. The molecule has 0 saturated carbocycles. The summed E-state index contributed by atoms with van der Waals surface area (Å²) in [5.74, 6) is 1.48. The van der Waals surface area contributed by atoms with Crippen molar-refractivity contribution < 1.29 is 4.42 Å². The van der Waals surface area contributed by atoms with E-state index in [4.69, 9.17) is 39.8 Å². The lowest BCUT2D eigenvalue weighted by Gasteiger charge is -2.26. The van der Waals surface area contributed by atoms with Gasteiger partial charge in [0, 0.05) is 17.4 Å². The van der Waals surface area contributed by atoms with E-state index in [0.29, 0.717) is 20.9 Å². The summed E-state index contributed by atoms with van der Waals surface area (Å²) in [7, 11) is 0. The van der Waals surface area contributed by atoms with E-state index in [1.165, 1.54) is 11.1 Å². The molecule has 1 N–H and O–H groups in total. The zero-order chi connectivity index (χ0) is 23.1. The number of furan rings is 1. The fourth-order valence-corrected chi connectivity index (χ4v) is 4.76. The molecule has 1 fully saturated rings. The second kappa shape index (κ2) is 8.82. The van der Waals surface area contributed by atoms with Gasteiger partial charge >= 0.3 is 0 Å². The minimum atomic E-state index is -0.217. The summed E-state index contributed by atoms with van der Waals surface area (Å²) in [6.45, 7) is 4.20. The molecule has 0 aliphatic carbocycles. The number of nitrogens with one attached hydrogen (secondary N) is 1. The molecule has 0 amide bonds. The molecule has 0 bridgehead atoms. The smallest absolute Gasteiger partial charge is 0.174 e. The molecule has 1 aliphatic rings. The molecule has 0 radical (unpaired) electrons. The molecular formula is C26H21Cl2N3OS. The van der Waals surface area contributed by atoms with Crippen molar-refractivity contribution in [2.45, 2.75) is 25.9 Å². The molecule has 1 aliphatic heterocycles. The van der Waals surface area contributed by atoms with Crippen molar-refractivity contribution in [3.05, 3.63) is 106 Å². The topological polar surface area (TPSA) is 41.3 Å². The molecule has 166 valence electrons. The SMILES string of the molecule is Cc1ccc(N2C(=S)N[C@@H](c3ccccn3)[C@@H]2c2ccc(-c3ccc(Cl)c(Cl)c3)o2)cc1C. The van der Waals surface area contributed by atoms with Crippen molar-refractivity contribution in [3.63, 3.8) is 0 Å². The van der Waals surface area contributed by atoms with Crippen LogP contribution in [-0.2, 0) is 0 Å². The number of benzene rings is 2. The van der Waals surface area contributed by atoms with Crippen LogP contribution in [0.5, 0.6) is 0 Å². The Morgan fingerprint density at radius 3 is 2.52 bits per heavy atom. The number of halogens is 2. The maximum Gasteiger partial charge on any atom is 0.174 e. The first-order chi connectivity index (χ1) is 15.9. The Balaban J connectivity index is 1.61. The number of rotatable bonds is 4. The zero-order valence-corrected chi connectivity index (χ0v) is 20.4. The highest BCUT2D eigenvalue weighted by molar-refractivity contribution is 7.80. The molecule has 1 saturated heterocycles. The number of aryl methyl sites for hydroxylation is 2. The first kappa shape index (κ1) is 22.0. The Morgan fingerprint density at radius 1 is 0.939 bits per heavy atom. The molecule has 0 unspecified atom stereocenters.